The number of furan rings is 1. The van der Waals surface area contributed by atoms with E-state index in [9.17, 15) is 9.59 Å². The fourth-order valence-electron chi connectivity index (χ4n) is 1.78. The number of carbonyl (C=O) groups excluding carboxylic acids is 2. The van der Waals surface area contributed by atoms with E-state index in [-0.39, 0.29) is 23.7 Å². The Morgan fingerprint density at radius 3 is 2.85 bits per heavy atom. The van der Waals surface area contributed by atoms with Gasteiger partial charge < -0.3 is 14.9 Å². The van der Waals surface area contributed by atoms with Gasteiger partial charge in [0.1, 0.15) is 11.4 Å². The number of hydrogen-bond acceptors (Lipinski definition) is 5. The fraction of sp³-hybridized carbons (Fsp3) is 0.231. The zero-order valence-corrected chi connectivity index (χ0v) is 11.2. The van der Waals surface area contributed by atoms with Crippen LogP contribution in [0.15, 0.2) is 29.0 Å². The largest absolute Gasteiger partial charge is 0.462 e. The second kappa shape index (κ2) is 5.52. The molecule has 0 aromatic carbocycles. The quantitative estimate of drug-likeness (QED) is 0.825. The lowest BCUT2D eigenvalue weighted by Gasteiger charge is -2.07. The summed E-state index contributed by atoms with van der Waals surface area (Å²) >= 11 is 0. The van der Waals surface area contributed by atoms with E-state index < -0.39 is 11.9 Å². The summed E-state index contributed by atoms with van der Waals surface area (Å²) in [5, 5.41) is 0. The molecule has 0 bridgehead atoms. The van der Waals surface area contributed by atoms with Gasteiger partial charge >= 0.3 is 11.9 Å². The molecule has 0 aliphatic carbocycles. The van der Waals surface area contributed by atoms with E-state index in [4.69, 9.17) is 14.9 Å². The van der Waals surface area contributed by atoms with Gasteiger partial charge in [-0.1, -0.05) is 0 Å². The Morgan fingerprint density at radius 1 is 1.50 bits per heavy atom. The first-order valence-electron chi connectivity index (χ1n) is 6.04. The molecular formula is C13H15N3O4. The van der Waals surface area contributed by atoms with Gasteiger partial charge in [-0.25, -0.2) is 9.47 Å². The van der Waals surface area contributed by atoms with Crippen molar-refractivity contribution in [1.82, 2.24) is 4.68 Å². The van der Waals surface area contributed by atoms with Crippen LogP contribution >= 0.6 is 0 Å². The topological polar surface area (TPSA) is 99.5 Å². The lowest BCUT2D eigenvalue weighted by molar-refractivity contribution is 0.0526. The fourth-order valence-corrected chi connectivity index (χ4v) is 1.78. The van der Waals surface area contributed by atoms with Gasteiger partial charge in [0.2, 0.25) is 0 Å². The molecule has 0 saturated heterocycles. The van der Waals surface area contributed by atoms with Crippen molar-refractivity contribution in [2.24, 2.45) is 0 Å². The number of carbonyl (C=O) groups is 2. The summed E-state index contributed by atoms with van der Waals surface area (Å²) in [6.07, 6.45) is 2.94. The summed E-state index contributed by atoms with van der Waals surface area (Å²) in [6.45, 7) is 3.67. The van der Waals surface area contributed by atoms with Crippen LogP contribution in [-0.2, 0) is 4.74 Å². The van der Waals surface area contributed by atoms with Crippen LogP contribution in [0.25, 0.3) is 0 Å². The van der Waals surface area contributed by atoms with Crippen molar-refractivity contribution in [2.75, 3.05) is 17.8 Å². The highest BCUT2D eigenvalue weighted by atomic mass is 16.5. The molecule has 2 heterocycles. The van der Waals surface area contributed by atoms with Crippen LogP contribution in [0.3, 0.4) is 0 Å². The van der Waals surface area contributed by atoms with E-state index in [1.807, 2.05) is 0 Å². The van der Waals surface area contributed by atoms with E-state index in [0.29, 0.717) is 5.56 Å². The van der Waals surface area contributed by atoms with Gasteiger partial charge in [-0.2, -0.15) is 0 Å². The number of aryl methyl sites for hydroxylation is 1. The number of rotatable bonds is 4. The molecule has 0 spiro atoms. The minimum Gasteiger partial charge on any atom is -0.462 e. The third-order valence-corrected chi connectivity index (χ3v) is 2.68. The SMILES string of the molecule is CCOC(=O)c1c(C)cn(NC(=O)c2ccco2)c1N. The van der Waals surface area contributed by atoms with Crippen LogP contribution in [0.4, 0.5) is 5.82 Å². The Balaban J connectivity index is 2.24. The molecule has 0 radical (unpaired) electrons. The van der Waals surface area contributed by atoms with Crippen LogP contribution in [-0.4, -0.2) is 23.2 Å². The number of nitrogens with one attached hydrogen (secondary N) is 1. The van der Waals surface area contributed by atoms with Crippen molar-refractivity contribution in [3.05, 3.63) is 41.5 Å². The van der Waals surface area contributed by atoms with Crippen molar-refractivity contribution in [2.45, 2.75) is 13.8 Å². The number of anilines is 1. The van der Waals surface area contributed by atoms with Crippen LogP contribution in [0.1, 0.15) is 33.4 Å². The summed E-state index contributed by atoms with van der Waals surface area (Å²) in [7, 11) is 0. The summed E-state index contributed by atoms with van der Waals surface area (Å²) in [5.41, 5.74) is 9.23. The lowest BCUT2D eigenvalue weighted by Crippen LogP contribution is -2.23. The number of nitrogens with two attached hydrogens (primary N) is 1. The molecule has 2 rings (SSSR count). The van der Waals surface area contributed by atoms with Gasteiger partial charge in [-0.15, -0.1) is 0 Å². The van der Waals surface area contributed by atoms with E-state index in [2.05, 4.69) is 5.43 Å². The molecule has 0 saturated carbocycles. The zero-order valence-electron chi connectivity index (χ0n) is 11.2. The summed E-state index contributed by atoms with van der Waals surface area (Å²) < 4.78 is 11.2. The van der Waals surface area contributed by atoms with Gasteiger partial charge in [0, 0.05) is 6.20 Å². The molecule has 0 aliphatic rings. The summed E-state index contributed by atoms with van der Waals surface area (Å²) in [6, 6.07) is 3.12. The number of amides is 1. The second-order valence-electron chi connectivity index (χ2n) is 4.08. The normalized spacial score (nSPS) is 10.3. The zero-order chi connectivity index (χ0) is 14.7. The standard InChI is InChI=1S/C13H15N3O4/c1-3-19-13(18)10-8(2)7-16(11(10)14)15-12(17)9-5-4-6-20-9/h4-7H,3,14H2,1-2H3,(H,15,17). The molecule has 7 nitrogen and oxygen atoms in total. The molecule has 20 heavy (non-hydrogen) atoms. The monoisotopic (exact) mass is 277 g/mol. The molecule has 2 aromatic rings. The Bertz CT molecular complexity index is 628. The van der Waals surface area contributed by atoms with Crippen molar-refractivity contribution < 1.29 is 18.7 Å². The number of nitrogen functional groups attached to an aromatic ring is 1. The minimum atomic E-state index is -0.520. The van der Waals surface area contributed by atoms with E-state index >= 15 is 0 Å². The molecule has 0 atom stereocenters. The predicted molar refractivity (Wildman–Crippen MR) is 71.9 cm³/mol. The van der Waals surface area contributed by atoms with Crippen LogP contribution in [0.2, 0.25) is 0 Å². The average molecular weight is 277 g/mol. The minimum absolute atomic E-state index is 0.112. The van der Waals surface area contributed by atoms with E-state index in [0.717, 1.165) is 0 Å². The van der Waals surface area contributed by atoms with Crippen LogP contribution in [0, 0.1) is 6.92 Å². The van der Waals surface area contributed by atoms with Gasteiger partial charge in [-0.3, -0.25) is 10.2 Å². The molecule has 0 unspecified atom stereocenters. The second-order valence-corrected chi connectivity index (χ2v) is 4.08. The predicted octanol–water partition coefficient (Wildman–Crippen LogP) is 1.53. The number of hydrogen-bond donors (Lipinski definition) is 2. The smallest absolute Gasteiger partial charge is 0.342 e. The third kappa shape index (κ3) is 2.51. The van der Waals surface area contributed by atoms with Gasteiger partial charge in [-0.05, 0) is 31.5 Å². The molecule has 7 heteroatoms. The maximum Gasteiger partial charge on any atom is 0.342 e. The Hall–Kier alpha value is -2.70. The first-order chi connectivity index (χ1) is 9.54. The van der Waals surface area contributed by atoms with Crippen molar-refractivity contribution in [3.63, 3.8) is 0 Å². The molecule has 2 aromatic heterocycles. The average Bonchev–Trinajstić information content (AvgIpc) is 2.99. The van der Waals surface area contributed by atoms with Crippen molar-refractivity contribution in [1.29, 1.82) is 0 Å². The third-order valence-electron chi connectivity index (χ3n) is 2.68. The Labute approximate surface area is 115 Å². The van der Waals surface area contributed by atoms with Gasteiger partial charge in [0.15, 0.2) is 5.76 Å². The molecule has 0 aliphatic heterocycles. The highest BCUT2D eigenvalue weighted by Gasteiger charge is 2.20. The number of nitrogens with zero attached hydrogens (tertiary/aromatic N) is 1. The summed E-state index contributed by atoms with van der Waals surface area (Å²) in [4.78, 5) is 23.6. The molecule has 3 N–H and O–H groups in total. The van der Waals surface area contributed by atoms with Gasteiger partial charge in [0.25, 0.3) is 0 Å². The Kier molecular flexibility index (Phi) is 3.79. The first kappa shape index (κ1) is 13.7. The van der Waals surface area contributed by atoms with Crippen molar-refractivity contribution >= 4 is 17.7 Å². The maximum absolute atomic E-state index is 11.8. The molecule has 0 fully saturated rings. The van der Waals surface area contributed by atoms with Crippen LogP contribution in [0.5, 0.6) is 0 Å². The van der Waals surface area contributed by atoms with Gasteiger partial charge in [0.05, 0.1) is 12.9 Å². The highest BCUT2D eigenvalue weighted by molar-refractivity contribution is 6.00. The van der Waals surface area contributed by atoms with E-state index in [1.54, 1.807) is 26.1 Å². The molecular weight excluding hydrogens is 262 g/mol. The van der Waals surface area contributed by atoms with E-state index in [1.165, 1.54) is 17.0 Å². The van der Waals surface area contributed by atoms with Crippen molar-refractivity contribution in [3.8, 4) is 0 Å². The Morgan fingerprint density at radius 2 is 2.25 bits per heavy atom. The molecule has 106 valence electrons. The highest BCUT2D eigenvalue weighted by Crippen LogP contribution is 2.19. The molecule has 1 amide bonds. The summed E-state index contributed by atoms with van der Waals surface area (Å²) in [5.74, 6) is -0.727. The number of aromatic nitrogens is 1. The number of esters is 1. The van der Waals surface area contributed by atoms with Crippen LogP contribution < -0.4 is 11.2 Å². The number of ether oxygens (including phenoxy) is 1. The lowest BCUT2D eigenvalue weighted by atomic mass is 10.2. The maximum atomic E-state index is 11.8. The first-order valence-corrected chi connectivity index (χ1v) is 6.04.